The highest BCUT2D eigenvalue weighted by atomic mass is 32.1. The Hall–Kier alpha value is -1.93. The second-order valence-electron chi connectivity index (χ2n) is 4.53. The molecule has 0 N–H and O–H groups in total. The van der Waals surface area contributed by atoms with Crippen LogP contribution in [0.5, 0.6) is 0 Å². The van der Waals surface area contributed by atoms with Gasteiger partial charge in [-0.2, -0.15) is 0 Å². The lowest BCUT2D eigenvalue weighted by Gasteiger charge is -2.02. The fraction of sp³-hybridized carbons (Fsp3) is 0.118. The molecule has 2 heteroatoms. The first-order valence-corrected chi connectivity index (χ1v) is 7.27. The minimum atomic E-state index is 0.118. The summed E-state index contributed by atoms with van der Waals surface area (Å²) in [5.74, 6) is 0.118. The largest absolute Gasteiger partial charge is 0.289 e. The minimum absolute atomic E-state index is 0.118. The molecule has 0 atom stereocenters. The molecule has 1 heterocycles. The highest BCUT2D eigenvalue weighted by Crippen LogP contribution is 2.27. The van der Waals surface area contributed by atoms with E-state index in [0.717, 1.165) is 27.6 Å². The molecule has 3 aromatic rings. The Kier molecular flexibility index (Phi) is 3.18. The predicted molar refractivity (Wildman–Crippen MR) is 81.1 cm³/mol. The van der Waals surface area contributed by atoms with E-state index in [-0.39, 0.29) is 5.78 Å². The number of fused-ring (bicyclic) bond motifs is 1. The normalized spacial score (nSPS) is 10.8. The van der Waals surface area contributed by atoms with Crippen LogP contribution in [0.15, 0.2) is 53.9 Å². The molecule has 0 aliphatic rings. The van der Waals surface area contributed by atoms with Crippen LogP contribution in [0.1, 0.15) is 28.4 Å². The van der Waals surface area contributed by atoms with E-state index in [1.54, 1.807) is 11.3 Å². The molecule has 0 aliphatic heterocycles. The first-order chi connectivity index (χ1) is 9.29. The summed E-state index contributed by atoms with van der Waals surface area (Å²) in [6.07, 6.45) is 0.950. The van der Waals surface area contributed by atoms with E-state index >= 15 is 0 Å². The third kappa shape index (κ3) is 2.20. The zero-order valence-electron chi connectivity index (χ0n) is 10.7. The number of aryl methyl sites for hydroxylation is 1. The number of rotatable bonds is 3. The molecular weight excluding hydrogens is 252 g/mol. The maximum absolute atomic E-state index is 12.6. The number of benzene rings is 2. The first-order valence-electron chi connectivity index (χ1n) is 6.39. The monoisotopic (exact) mass is 266 g/mol. The van der Waals surface area contributed by atoms with Gasteiger partial charge in [0.15, 0.2) is 5.78 Å². The van der Waals surface area contributed by atoms with Gasteiger partial charge in [0.2, 0.25) is 0 Å². The van der Waals surface area contributed by atoms with Gasteiger partial charge in [-0.3, -0.25) is 4.79 Å². The van der Waals surface area contributed by atoms with Gasteiger partial charge in [-0.25, -0.2) is 0 Å². The van der Waals surface area contributed by atoms with E-state index in [1.165, 1.54) is 5.56 Å². The molecule has 0 radical (unpaired) electrons. The van der Waals surface area contributed by atoms with Crippen molar-refractivity contribution in [2.75, 3.05) is 0 Å². The molecule has 0 saturated heterocycles. The van der Waals surface area contributed by atoms with Crippen LogP contribution in [-0.4, -0.2) is 5.78 Å². The molecule has 0 amide bonds. The molecule has 1 aromatic heterocycles. The van der Waals surface area contributed by atoms with Crippen molar-refractivity contribution < 1.29 is 4.79 Å². The molecule has 0 unspecified atom stereocenters. The van der Waals surface area contributed by atoms with E-state index in [0.29, 0.717) is 0 Å². The third-order valence-electron chi connectivity index (χ3n) is 3.32. The van der Waals surface area contributed by atoms with E-state index in [4.69, 9.17) is 0 Å². The fourth-order valence-electron chi connectivity index (χ4n) is 2.24. The van der Waals surface area contributed by atoms with Crippen LogP contribution in [0.3, 0.4) is 0 Å². The number of carbonyl (C=O) groups excluding carboxylic acids is 1. The molecule has 0 bridgehead atoms. The summed E-state index contributed by atoms with van der Waals surface area (Å²) >= 11 is 1.63. The first kappa shape index (κ1) is 12.1. The van der Waals surface area contributed by atoms with E-state index in [2.05, 4.69) is 19.1 Å². The SMILES string of the molecule is CCc1cccc(C(=O)c2csc3ccccc23)c1. The third-order valence-corrected chi connectivity index (χ3v) is 4.29. The summed E-state index contributed by atoms with van der Waals surface area (Å²) in [6.45, 7) is 2.10. The highest BCUT2D eigenvalue weighted by molar-refractivity contribution is 7.17. The number of hydrogen-bond acceptors (Lipinski definition) is 2. The van der Waals surface area contributed by atoms with Crippen molar-refractivity contribution in [2.45, 2.75) is 13.3 Å². The van der Waals surface area contributed by atoms with Gasteiger partial charge in [0.25, 0.3) is 0 Å². The number of hydrogen-bond donors (Lipinski definition) is 0. The molecule has 0 spiro atoms. The van der Waals surface area contributed by atoms with Crippen LogP contribution in [-0.2, 0) is 6.42 Å². The Bertz CT molecular complexity index is 740. The number of ketones is 1. The van der Waals surface area contributed by atoms with Gasteiger partial charge in [0, 0.05) is 26.6 Å². The molecular formula is C17H14OS. The maximum Gasteiger partial charge on any atom is 0.194 e. The van der Waals surface area contributed by atoms with Gasteiger partial charge in [-0.15, -0.1) is 11.3 Å². The average molecular weight is 266 g/mol. The van der Waals surface area contributed by atoms with Crippen molar-refractivity contribution in [1.82, 2.24) is 0 Å². The van der Waals surface area contributed by atoms with Gasteiger partial charge in [-0.1, -0.05) is 43.3 Å². The smallest absolute Gasteiger partial charge is 0.194 e. The van der Waals surface area contributed by atoms with Crippen LogP contribution in [0.2, 0.25) is 0 Å². The zero-order chi connectivity index (χ0) is 13.2. The zero-order valence-corrected chi connectivity index (χ0v) is 11.5. The van der Waals surface area contributed by atoms with Crippen LogP contribution in [0, 0.1) is 0 Å². The lowest BCUT2D eigenvalue weighted by atomic mass is 10.0. The summed E-state index contributed by atoms with van der Waals surface area (Å²) in [4.78, 5) is 12.6. The Balaban J connectivity index is 2.08. The topological polar surface area (TPSA) is 17.1 Å². The van der Waals surface area contributed by atoms with Crippen molar-refractivity contribution in [3.05, 3.63) is 70.6 Å². The van der Waals surface area contributed by atoms with Crippen molar-refractivity contribution in [3.8, 4) is 0 Å². The molecule has 3 rings (SSSR count). The number of thiophene rings is 1. The Labute approximate surface area is 116 Å². The van der Waals surface area contributed by atoms with Crippen LogP contribution in [0.4, 0.5) is 0 Å². The van der Waals surface area contributed by atoms with Crippen molar-refractivity contribution in [1.29, 1.82) is 0 Å². The Morgan fingerprint density at radius 3 is 2.79 bits per heavy atom. The van der Waals surface area contributed by atoms with E-state index in [9.17, 15) is 4.79 Å². The van der Waals surface area contributed by atoms with Crippen molar-refractivity contribution in [3.63, 3.8) is 0 Å². The fourth-order valence-corrected chi connectivity index (χ4v) is 3.18. The predicted octanol–water partition coefficient (Wildman–Crippen LogP) is 4.69. The summed E-state index contributed by atoms with van der Waals surface area (Å²) in [5.41, 5.74) is 2.79. The van der Waals surface area contributed by atoms with Gasteiger partial charge in [0.05, 0.1) is 0 Å². The summed E-state index contributed by atoms with van der Waals surface area (Å²) in [6, 6.07) is 16.0. The van der Waals surface area contributed by atoms with Crippen molar-refractivity contribution >= 4 is 27.2 Å². The molecule has 1 nitrogen and oxygen atoms in total. The molecule has 19 heavy (non-hydrogen) atoms. The van der Waals surface area contributed by atoms with E-state index in [1.807, 2.05) is 41.8 Å². The lowest BCUT2D eigenvalue weighted by molar-refractivity contribution is 0.104. The van der Waals surface area contributed by atoms with Gasteiger partial charge < -0.3 is 0 Å². The molecule has 2 aromatic carbocycles. The second kappa shape index (κ2) is 4.98. The minimum Gasteiger partial charge on any atom is -0.289 e. The van der Waals surface area contributed by atoms with Gasteiger partial charge in [0.1, 0.15) is 0 Å². The van der Waals surface area contributed by atoms with Crippen molar-refractivity contribution in [2.24, 2.45) is 0 Å². The number of carbonyl (C=O) groups is 1. The highest BCUT2D eigenvalue weighted by Gasteiger charge is 2.14. The lowest BCUT2D eigenvalue weighted by Crippen LogP contribution is -2.00. The van der Waals surface area contributed by atoms with Gasteiger partial charge in [-0.05, 0) is 24.1 Å². The van der Waals surface area contributed by atoms with E-state index < -0.39 is 0 Å². The molecule has 0 aliphatic carbocycles. The quantitative estimate of drug-likeness (QED) is 0.628. The summed E-state index contributed by atoms with van der Waals surface area (Å²) in [5, 5.41) is 3.02. The van der Waals surface area contributed by atoms with Crippen LogP contribution >= 0.6 is 11.3 Å². The summed E-state index contributed by atoms with van der Waals surface area (Å²) in [7, 11) is 0. The van der Waals surface area contributed by atoms with Gasteiger partial charge >= 0.3 is 0 Å². The Morgan fingerprint density at radius 2 is 1.95 bits per heavy atom. The average Bonchev–Trinajstić information content (AvgIpc) is 2.90. The molecule has 94 valence electrons. The second-order valence-corrected chi connectivity index (χ2v) is 5.44. The standard InChI is InChI=1S/C17H14OS/c1-2-12-6-5-7-13(10-12)17(18)15-11-19-16-9-4-3-8-14(15)16/h3-11H,2H2,1H3. The van der Waals surface area contributed by atoms with Crippen LogP contribution in [0.25, 0.3) is 10.1 Å². The molecule has 0 fully saturated rings. The Morgan fingerprint density at radius 1 is 1.11 bits per heavy atom. The van der Waals surface area contributed by atoms with Crippen LogP contribution < -0.4 is 0 Å². The summed E-state index contributed by atoms with van der Waals surface area (Å²) < 4.78 is 1.16. The molecule has 0 saturated carbocycles. The maximum atomic E-state index is 12.6.